The van der Waals surface area contributed by atoms with Crippen molar-refractivity contribution in [2.24, 2.45) is 11.3 Å². The van der Waals surface area contributed by atoms with E-state index in [9.17, 15) is 14.0 Å². The number of carbonyl (C=O) groups is 2. The van der Waals surface area contributed by atoms with Crippen LogP contribution >= 0.6 is 23.2 Å². The zero-order valence-corrected chi connectivity index (χ0v) is 24.6. The largest absolute Gasteiger partial charge is 0.356 e. The molecule has 1 saturated carbocycles. The molecule has 0 aromatic heterocycles. The van der Waals surface area contributed by atoms with E-state index in [2.05, 4.69) is 50.6 Å². The lowest BCUT2D eigenvalue weighted by Gasteiger charge is -2.25. The summed E-state index contributed by atoms with van der Waals surface area (Å²) in [6, 6.07) is 10.9. The fraction of sp³-hybridized carbons (Fsp3) is 0.533. The van der Waals surface area contributed by atoms with Crippen molar-refractivity contribution in [2.45, 2.75) is 78.2 Å². The van der Waals surface area contributed by atoms with Crippen molar-refractivity contribution in [3.05, 3.63) is 63.4 Å². The quantitative estimate of drug-likeness (QED) is 0.317. The molecule has 38 heavy (non-hydrogen) atoms. The predicted octanol–water partition coefficient (Wildman–Crippen LogP) is 7.53. The third-order valence-electron chi connectivity index (χ3n) is 6.54. The molecule has 2 fully saturated rings. The average molecular weight is 567 g/mol. The zero-order valence-electron chi connectivity index (χ0n) is 23.1. The molecule has 0 bridgehead atoms. The number of halogens is 3. The van der Waals surface area contributed by atoms with E-state index in [0.29, 0.717) is 47.2 Å². The van der Waals surface area contributed by atoms with Crippen LogP contribution in [0.5, 0.6) is 0 Å². The van der Waals surface area contributed by atoms with Crippen LogP contribution in [0.4, 0.5) is 10.1 Å². The summed E-state index contributed by atoms with van der Waals surface area (Å²) in [5.74, 6) is 0.432. The van der Waals surface area contributed by atoms with Crippen LogP contribution < -0.4 is 16.0 Å². The Morgan fingerprint density at radius 2 is 1.53 bits per heavy atom. The molecule has 2 atom stereocenters. The molecule has 1 aliphatic carbocycles. The SMILES string of the molecule is CC(C)(C)C.CC1CCC(NC=O)CC1.O=CNc1cc(Cl)ccc1C1CNCC1c1cccc(Cl)c1F. The van der Waals surface area contributed by atoms with Crippen LogP contribution in [0.2, 0.25) is 10.0 Å². The summed E-state index contributed by atoms with van der Waals surface area (Å²) in [7, 11) is 0. The molecular formula is C30H42Cl2FN3O2. The van der Waals surface area contributed by atoms with Gasteiger partial charge in [0.25, 0.3) is 0 Å². The van der Waals surface area contributed by atoms with Gasteiger partial charge < -0.3 is 16.0 Å². The Morgan fingerprint density at radius 3 is 2.11 bits per heavy atom. The van der Waals surface area contributed by atoms with Crippen LogP contribution in [-0.4, -0.2) is 32.0 Å². The molecule has 210 valence electrons. The van der Waals surface area contributed by atoms with Crippen molar-refractivity contribution < 1.29 is 14.0 Å². The minimum absolute atomic E-state index is 0.0164. The summed E-state index contributed by atoms with van der Waals surface area (Å²) < 4.78 is 14.4. The number of hydrogen-bond donors (Lipinski definition) is 3. The first-order chi connectivity index (χ1) is 17.9. The van der Waals surface area contributed by atoms with E-state index >= 15 is 0 Å². The van der Waals surface area contributed by atoms with E-state index in [1.165, 1.54) is 25.7 Å². The lowest BCUT2D eigenvalue weighted by molar-refractivity contribution is -0.110. The van der Waals surface area contributed by atoms with Crippen LogP contribution in [0.1, 0.15) is 83.3 Å². The highest BCUT2D eigenvalue weighted by Crippen LogP contribution is 2.41. The van der Waals surface area contributed by atoms with Crippen LogP contribution in [0.3, 0.4) is 0 Å². The topological polar surface area (TPSA) is 70.2 Å². The van der Waals surface area contributed by atoms with E-state index in [1.807, 2.05) is 6.07 Å². The summed E-state index contributed by atoms with van der Waals surface area (Å²) >= 11 is 11.9. The Bertz CT molecular complexity index is 1030. The summed E-state index contributed by atoms with van der Waals surface area (Å²) in [5.41, 5.74) is 2.66. The Labute approximate surface area is 237 Å². The van der Waals surface area contributed by atoms with Gasteiger partial charge in [0.2, 0.25) is 12.8 Å². The molecule has 1 aliphatic heterocycles. The Morgan fingerprint density at radius 1 is 0.921 bits per heavy atom. The highest BCUT2D eigenvalue weighted by Gasteiger charge is 2.33. The summed E-state index contributed by atoms with van der Waals surface area (Å²) in [6.45, 7) is 12.4. The van der Waals surface area contributed by atoms with Gasteiger partial charge in [-0.2, -0.15) is 0 Å². The summed E-state index contributed by atoms with van der Waals surface area (Å²) in [6.07, 6.45) is 6.31. The van der Waals surface area contributed by atoms with Gasteiger partial charge in [0, 0.05) is 41.7 Å². The predicted molar refractivity (Wildman–Crippen MR) is 157 cm³/mol. The van der Waals surface area contributed by atoms with Crippen LogP contribution in [-0.2, 0) is 9.59 Å². The smallest absolute Gasteiger partial charge is 0.211 e. The second-order valence-corrected chi connectivity index (χ2v) is 12.6. The second kappa shape index (κ2) is 15.4. The van der Waals surface area contributed by atoms with Gasteiger partial charge in [0.15, 0.2) is 0 Å². The fourth-order valence-corrected chi connectivity index (χ4v) is 5.06. The maximum atomic E-state index is 14.4. The van der Waals surface area contributed by atoms with Gasteiger partial charge in [0.05, 0.1) is 5.02 Å². The van der Waals surface area contributed by atoms with Gasteiger partial charge in [-0.25, -0.2) is 4.39 Å². The number of anilines is 1. The van der Waals surface area contributed by atoms with Crippen molar-refractivity contribution in [3.63, 3.8) is 0 Å². The minimum Gasteiger partial charge on any atom is -0.356 e. The van der Waals surface area contributed by atoms with Gasteiger partial charge in [-0.05, 0) is 66.3 Å². The summed E-state index contributed by atoms with van der Waals surface area (Å²) in [5, 5.41) is 9.45. The van der Waals surface area contributed by atoms with Gasteiger partial charge in [-0.3, -0.25) is 9.59 Å². The van der Waals surface area contributed by atoms with Gasteiger partial charge in [-0.1, -0.05) is 76.0 Å². The molecule has 2 amide bonds. The number of nitrogens with one attached hydrogen (secondary N) is 3. The zero-order chi connectivity index (χ0) is 28.3. The van der Waals surface area contributed by atoms with E-state index < -0.39 is 0 Å². The van der Waals surface area contributed by atoms with Crippen molar-refractivity contribution in [3.8, 4) is 0 Å². The van der Waals surface area contributed by atoms with Gasteiger partial charge >= 0.3 is 0 Å². The molecule has 0 radical (unpaired) electrons. The van der Waals surface area contributed by atoms with E-state index in [4.69, 9.17) is 23.2 Å². The molecule has 3 N–H and O–H groups in total. The molecule has 0 spiro atoms. The third kappa shape index (κ3) is 10.5. The van der Waals surface area contributed by atoms with E-state index in [1.54, 1.807) is 30.3 Å². The lowest BCUT2D eigenvalue weighted by Crippen LogP contribution is -2.31. The normalized spacial score (nSPS) is 22.7. The van der Waals surface area contributed by atoms with Crippen molar-refractivity contribution in [2.75, 3.05) is 18.4 Å². The molecule has 5 nitrogen and oxygen atoms in total. The van der Waals surface area contributed by atoms with E-state index in [0.717, 1.165) is 17.9 Å². The third-order valence-corrected chi connectivity index (χ3v) is 7.07. The first-order valence-corrected chi connectivity index (χ1v) is 14.0. The second-order valence-electron chi connectivity index (χ2n) is 11.7. The van der Waals surface area contributed by atoms with Crippen molar-refractivity contribution >= 4 is 41.7 Å². The highest BCUT2D eigenvalue weighted by molar-refractivity contribution is 6.31. The molecule has 2 unspecified atom stereocenters. The molecule has 2 aromatic carbocycles. The summed E-state index contributed by atoms with van der Waals surface area (Å²) in [4.78, 5) is 20.9. The van der Waals surface area contributed by atoms with Crippen LogP contribution in [0.15, 0.2) is 36.4 Å². The van der Waals surface area contributed by atoms with Crippen molar-refractivity contribution in [1.29, 1.82) is 0 Å². The maximum Gasteiger partial charge on any atom is 0.211 e. The lowest BCUT2D eigenvalue weighted by atomic mass is 9.83. The maximum absolute atomic E-state index is 14.4. The Hall–Kier alpha value is -2.15. The number of amides is 2. The highest BCUT2D eigenvalue weighted by atomic mass is 35.5. The van der Waals surface area contributed by atoms with Gasteiger partial charge in [0.1, 0.15) is 5.82 Å². The number of rotatable bonds is 6. The Kier molecular flexibility index (Phi) is 13.0. The van der Waals surface area contributed by atoms with Crippen LogP contribution in [0.25, 0.3) is 0 Å². The fourth-order valence-electron chi connectivity index (χ4n) is 4.70. The molecule has 8 heteroatoms. The monoisotopic (exact) mass is 565 g/mol. The first kappa shape index (κ1) is 32.1. The standard InChI is InChI=1S/C17H15Cl2FN2O.C8H15NO.C5H12/c18-10-4-5-11(16(6-10)22-9-23)13-7-21-8-14(13)12-2-1-3-15(19)17(12)20;1-7-2-4-8(5-3-7)9-6-10;1-5(2,3)4/h1-6,9,13-14,21H,7-8H2,(H,22,23);6-8H,2-5H2,1H3,(H,9,10);1-4H3. The molecule has 2 aliphatic rings. The molecule has 4 rings (SSSR count). The number of benzene rings is 2. The number of carbonyl (C=O) groups excluding carboxylic acids is 2. The van der Waals surface area contributed by atoms with Crippen LogP contribution in [0, 0.1) is 17.2 Å². The minimum atomic E-state index is -0.383. The molecule has 1 saturated heterocycles. The Balaban J connectivity index is 0.000000279. The average Bonchev–Trinajstić information content (AvgIpc) is 3.32. The molecular weight excluding hydrogens is 524 g/mol. The van der Waals surface area contributed by atoms with Gasteiger partial charge in [-0.15, -0.1) is 0 Å². The molecule has 2 aromatic rings. The van der Waals surface area contributed by atoms with E-state index in [-0.39, 0.29) is 22.7 Å². The first-order valence-electron chi connectivity index (χ1n) is 13.3. The molecule has 1 heterocycles. The van der Waals surface area contributed by atoms with Crippen molar-refractivity contribution in [1.82, 2.24) is 10.6 Å². The number of hydrogen-bond acceptors (Lipinski definition) is 3.